The Balaban J connectivity index is 2.68. The monoisotopic (exact) mass is 239 g/mol. The maximum Gasteiger partial charge on any atom is 0.0128 e. The molecule has 0 aromatic heterocycles. The second-order valence-electron chi connectivity index (χ2n) is 8.15. The SMILES string of the molecule is CC1CCCC1N(CCC(C)(C)C)C(C)(C)C. The molecule has 1 heteroatoms. The zero-order valence-corrected chi connectivity index (χ0v) is 13.1. The fraction of sp³-hybridized carbons (Fsp3) is 1.00. The second-order valence-corrected chi connectivity index (χ2v) is 8.15. The average Bonchev–Trinajstić information content (AvgIpc) is 2.48. The Kier molecular flexibility index (Phi) is 4.68. The zero-order chi connectivity index (χ0) is 13.3. The van der Waals surface area contributed by atoms with E-state index in [-0.39, 0.29) is 0 Å². The van der Waals surface area contributed by atoms with E-state index in [1.165, 1.54) is 32.2 Å². The number of hydrogen-bond acceptors (Lipinski definition) is 1. The molecule has 0 aliphatic heterocycles. The Morgan fingerprint density at radius 2 is 1.59 bits per heavy atom. The summed E-state index contributed by atoms with van der Waals surface area (Å²) in [6.07, 6.45) is 5.55. The van der Waals surface area contributed by atoms with Crippen LogP contribution in [0.2, 0.25) is 0 Å². The van der Waals surface area contributed by atoms with E-state index in [9.17, 15) is 0 Å². The van der Waals surface area contributed by atoms with Gasteiger partial charge in [-0.2, -0.15) is 0 Å². The Morgan fingerprint density at radius 3 is 1.94 bits per heavy atom. The van der Waals surface area contributed by atoms with Crippen LogP contribution in [0, 0.1) is 11.3 Å². The maximum atomic E-state index is 2.77. The van der Waals surface area contributed by atoms with Crippen molar-refractivity contribution in [2.24, 2.45) is 11.3 Å². The third-order valence-corrected chi connectivity index (χ3v) is 4.18. The lowest BCUT2D eigenvalue weighted by Gasteiger charge is -2.43. The van der Waals surface area contributed by atoms with Gasteiger partial charge >= 0.3 is 0 Å². The van der Waals surface area contributed by atoms with Crippen LogP contribution >= 0.6 is 0 Å². The van der Waals surface area contributed by atoms with Gasteiger partial charge in [-0.1, -0.05) is 34.1 Å². The highest BCUT2D eigenvalue weighted by Crippen LogP contribution is 2.34. The molecule has 1 nitrogen and oxygen atoms in total. The van der Waals surface area contributed by atoms with E-state index in [0.29, 0.717) is 11.0 Å². The summed E-state index contributed by atoms with van der Waals surface area (Å²) < 4.78 is 0. The minimum atomic E-state index is 0.314. The lowest BCUT2D eigenvalue weighted by atomic mass is 9.89. The fourth-order valence-corrected chi connectivity index (χ4v) is 3.04. The van der Waals surface area contributed by atoms with Crippen LogP contribution in [-0.2, 0) is 0 Å². The summed E-state index contributed by atoms with van der Waals surface area (Å²) in [5.74, 6) is 0.884. The van der Waals surface area contributed by atoms with Gasteiger partial charge in [-0.25, -0.2) is 0 Å². The number of hydrogen-bond donors (Lipinski definition) is 0. The van der Waals surface area contributed by atoms with Crippen molar-refractivity contribution < 1.29 is 0 Å². The van der Waals surface area contributed by atoms with E-state index >= 15 is 0 Å². The molecule has 1 fully saturated rings. The molecule has 1 aliphatic carbocycles. The molecule has 0 amide bonds. The molecule has 102 valence electrons. The molecule has 0 saturated heterocycles. The fourth-order valence-electron chi connectivity index (χ4n) is 3.04. The van der Waals surface area contributed by atoms with Crippen molar-refractivity contribution in [1.82, 2.24) is 4.90 Å². The predicted octanol–water partition coefficient (Wildman–Crippen LogP) is 4.71. The molecule has 1 saturated carbocycles. The highest BCUT2D eigenvalue weighted by molar-refractivity contribution is 4.90. The lowest BCUT2D eigenvalue weighted by molar-refractivity contribution is 0.0530. The van der Waals surface area contributed by atoms with Crippen LogP contribution in [0.1, 0.15) is 74.1 Å². The van der Waals surface area contributed by atoms with Crippen LogP contribution in [0.4, 0.5) is 0 Å². The molecule has 1 rings (SSSR count). The Hall–Kier alpha value is -0.0400. The Morgan fingerprint density at radius 1 is 1.00 bits per heavy atom. The quantitative estimate of drug-likeness (QED) is 0.689. The molecular weight excluding hydrogens is 206 g/mol. The molecule has 0 spiro atoms. The summed E-state index contributed by atoms with van der Waals surface area (Å²) >= 11 is 0. The summed E-state index contributed by atoms with van der Waals surface area (Å²) in [7, 11) is 0. The van der Waals surface area contributed by atoms with Crippen molar-refractivity contribution >= 4 is 0 Å². The molecule has 2 unspecified atom stereocenters. The van der Waals surface area contributed by atoms with Crippen LogP contribution in [0.3, 0.4) is 0 Å². The first-order chi connectivity index (χ1) is 7.61. The molecule has 0 N–H and O–H groups in total. The first kappa shape index (κ1) is 15.0. The van der Waals surface area contributed by atoms with Gasteiger partial charge in [0.05, 0.1) is 0 Å². The van der Waals surface area contributed by atoms with Gasteiger partial charge in [-0.15, -0.1) is 0 Å². The van der Waals surface area contributed by atoms with Crippen molar-refractivity contribution in [2.45, 2.75) is 85.7 Å². The molecule has 17 heavy (non-hydrogen) atoms. The standard InChI is InChI=1S/C16H33N/c1-13-9-8-10-14(13)17(16(5,6)7)12-11-15(2,3)4/h13-14H,8-12H2,1-7H3. The van der Waals surface area contributed by atoms with Gasteiger partial charge in [0.2, 0.25) is 0 Å². The summed E-state index contributed by atoms with van der Waals surface area (Å²) in [5, 5.41) is 0. The van der Waals surface area contributed by atoms with Gasteiger partial charge in [-0.3, -0.25) is 4.90 Å². The summed E-state index contributed by atoms with van der Waals surface area (Å²) in [4.78, 5) is 2.77. The highest BCUT2D eigenvalue weighted by Gasteiger charge is 2.35. The second kappa shape index (κ2) is 5.30. The van der Waals surface area contributed by atoms with E-state index < -0.39 is 0 Å². The number of rotatable bonds is 3. The molecule has 1 aliphatic rings. The molecule has 2 atom stereocenters. The van der Waals surface area contributed by atoms with Crippen molar-refractivity contribution in [2.75, 3.05) is 6.54 Å². The largest absolute Gasteiger partial charge is 0.295 e. The van der Waals surface area contributed by atoms with E-state index in [1.807, 2.05) is 0 Å². The lowest BCUT2D eigenvalue weighted by Crippen LogP contribution is -2.50. The average molecular weight is 239 g/mol. The van der Waals surface area contributed by atoms with Crippen LogP contribution in [0.5, 0.6) is 0 Å². The van der Waals surface area contributed by atoms with E-state index in [1.54, 1.807) is 0 Å². The van der Waals surface area contributed by atoms with E-state index in [0.717, 1.165) is 12.0 Å². The van der Waals surface area contributed by atoms with Crippen molar-refractivity contribution in [1.29, 1.82) is 0 Å². The highest BCUT2D eigenvalue weighted by atomic mass is 15.2. The smallest absolute Gasteiger partial charge is 0.0128 e. The third-order valence-electron chi connectivity index (χ3n) is 4.18. The summed E-state index contributed by atoms with van der Waals surface area (Å²) in [6, 6.07) is 0.817. The summed E-state index contributed by atoms with van der Waals surface area (Å²) in [6.45, 7) is 17.9. The normalized spacial score (nSPS) is 26.8. The first-order valence-corrected chi connectivity index (χ1v) is 7.38. The Bertz CT molecular complexity index is 231. The minimum Gasteiger partial charge on any atom is -0.295 e. The van der Waals surface area contributed by atoms with Crippen LogP contribution in [0.15, 0.2) is 0 Å². The van der Waals surface area contributed by atoms with E-state index in [2.05, 4.69) is 53.4 Å². The van der Waals surface area contributed by atoms with Crippen molar-refractivity contribution in [3.8, 4) is 0 Å². The van der Waals surface area contributed by atoms with Gasteiger partial charge in [0.15, 0.2) is 0 Å². The van der Waals surface area contributed by atoms with E-state index in [4.69, 9.17) is 0 Å². The van der Waals surface area contributed by atoms with Gasteiger partial charge in [0.25, 0.3) is 0 Å². The van der Waals surface area contributed by atoms with Gasteiger partial charge < -0.3 is 0 Å². The zero-order valence-electron chi connectivity index (χ0n) is 13.1. The first-order valence-electron chi connectivity index (χ1n) is 7.38. The number of nitrogens with zero attached hydrogens (tertiary/aromatic N) is 1. The molecule has 0 heterocycles. The van der Waals surface area contributed by atoms with Crippen molar-refractivity contribution in [3.05, 3.63) is 0 Å². The molecular formula is C16H33N. The summed E-state index contributed by atoms with van der Waals surface area (Å²) in [5.41, 5.74) is 0.764. The maximum absolute atomic E-state index is 2.77. The molecule has 0 bridgehead atoms. The topological polar surface area (TPSA) is 3.24 Å². The molecule has 0 aromatic carbocycles. The predicted molar refractivity (Wildman–Crippen MR) is 77.3 cm³/mol. The Labute approximate surface area is 109 Å². The van der Waals surface area contributed by atoms with Gasteiger partial charge in [0.1, 0.15) is 0 Å². The van der Waals surface area contributed by atoms with Gasteiger partial charge in [-0.05, 0) is 57.9 Å². The third kappa shape index (κ3) is 4.62. The van der Waals surface area contributed by atoms with Crippen LogP contribution in [-0.4, -0.2) is 23.0 Å². The van der Waals surface area contributed by atoms with Crippen LogP contribution in [0.25, 0.3) is 0 Å². The minimum absolute atomic E-state index is 0.314. The van der Waals surface area contributed by atoms with Crippen LogP contribution < -0.4 is 0 Å². The van der Waals surface area contributed by atoms with Crippen molar-refractivity contribution in [3.63, 3.8) is 0 Å². The molecule has 0 aromatic rings. The molecule has 0 radical (unpaired) electrons. The van der Waals surface area contributed by atoms with Gasteiger partial charge in [0, 0.05) is 11.6 Å².